The van der Waals surface area contributed by atoms with Crippen LogP contribution in [0.1, 0.15) is 56.9 Å². The van der Waals surface area contributed by atoms with Crippen molar-refractivity contribution in [1.82, 2.24) is 19.8 Å². The van der Waals surface area contributed by atoms with Crippen LogP contribution in [0.4, 0.5) is 0 Å². The van der Waals surface area contributed by atoms with Gasteiger partial charge in [-0.05, 0) is 44.9 Å². The molecule has 2 atom stereocenters. The van der Waals surface area contributed by atoms with Crippen LogP contribution >= 0.6 is 0 Å². The van der Waals surface area contributed by atoms with E-state index in [4.69, 9.17) is 0 Å². The molecular formula is C21H30N4O3. The summed E-state index contributed by atoms with van der Waals surface area (Å²) in [5, 5.41) is 13.3. The van der Waals surface area contributed by atoms with Gasteiger partial charge in [0.25, 0.3) is 5.91 Å². The van der Waals surface area contributed by atoms with Crippen molar-refractivity contribution >= 4 is 22.8 Å². The van der Waals surface area contributed by atoms with Gasteiger partial charge >= 0.3 is 0 Å². The Balaban J connectivity index is 1.72. The monoisotopic (exact) mass is 386 g/mol. The summed E-state index contributed by atoms with van der Waals surface area (Å²) in [6.07, 6.45) is 2.13. The maximum Gasteiger partial charge on any atom is 0.253 e. The average molecular weight is 386 g/mol. The third-order valence-corrected chi connectivity index (χ3v) is 5.39. The van der Waals surface area contributed by atoms with Crippen LogP contribution in [-0.2, 0) is 4.79 Å². The smallest absolute Gasteiger partial charge is 0.253 e. The Bertz CT molecular complexity index is 858. The van der Waals surface area contributed by atoms with Gasteiger partial charge in [0.05, 0.1) is 29.5 Å². The third kappa shape index (κ3) is 4.19. The van der Waals surface area contributed by atoms with Gasteiger partial charge in [-0.15, -0.1) is 0 Å². The number of imidazole rings is 1. The van der Waals surface area contributed by atoms with Gasteiger partial charge in [-0.1, -0.05) is 13.8 Å². The predicted molar refractivity (Wildman–Crippen MR) is 108 cm³/mol. The molecule has 3 rings (SSSR count). The number of hydrogen-bond acceptors (Lipinski definition) is 4. The van der Waals surface area contributed by atoms with E-state index in [1.54, 1.807) is 11.2 Å². The zero-order chi connectivity index (χ0) is 20.4. The maximum absolute atomic E-state index is 13.0. The van der Waals surface area contributed by atoms with Crippen LogP contribution in [0.5, 0.6) is 0 Å². The van der Waals surface area contributed by atoms with Crippen LogP contribution in [0.3, 0.4) is 0 Å². The number of rotatable bonds is 4. The topological polar surface area (TPSA) is 87.5 Å². The zero-order valence-electron chi connectivity index (χ0n) is 17.1. The predicted octanol–water partition coefficient (Wildman–Crippen LogP) is 2.35. The molecule has 2 N–H and O–H groups in total. The lowest BCUT2D eigenvalue weighted by atomic mass is 10.1. The molecule has 1 aliphatic rings. The second-order valence-electron chi connectivity index (χ2n) is 8.16. The molecule has 1 aliphatic heterocycles. The number of aliphatic hydroxyl groups excluding tert-OH is 1. The number of fused-ring (bicyclic) bond motifs is 1. The van der Waals surface area contributed by atoms with E-state index in [1.807, 2.05) is 32.0 Å². The van der Waals surface area contributed by atoms with E-state index in [-0.39, 0.29) is 23.8 Å². The van der Waals surface area contributed by atoms with E-state index in [1.165, 1.54) is 0 Å². The van der Waals surface area contributed by atoms with Crippen molar-refractivity contribution in [2.75, 3.05) is 13.1 Å². The van der Waals surface area contributed by atoms with Crippen molar-refractivity contribution in [2.45, 2.75) is 58.7 Å². The number of hydrogen-bond donors (Lipinski definition) is 2. The van der Waals surface area contributed by atoms with Crippen molar-refractivity contribution in [3.63, 3.8) is 0 Å². The summed E-state index contributed by atoms with van der Waals surface area (Å²) in [5.74, 6) is -0.274. The van der Waals surface area contributed by atoms with Gasteiger partial charge in [0.15, 0.2) is 0 Å². The Hall–Kier alpha value is -2.41. The Labute approximate surface area is 165 Å². The van der Waals surface area contributed by atoms with Crippen LogP contribution in [0.2, 0.25) is 0 Å². The third-order valence-electron chi connectivity index (χ3n) is 5.39. The number of aromatic nitrogens is 2. The lowest BCUT2D eigenvalue weighted by Crippen LogP contribution is -2.44. The minimum Gasteiger partial charge on any atom is -0.391 e. The molecular weight excluding hydrogens is 356 g/mol. The summed E-state index contributed by atoms with van der Waals surface area (Å²) < 4.78 is 2.08. The Kier molecular flexibility index (Phi) is 6.03. The molecule has 0 aliphatic carbocycles. The van der Waals surface area contributed by atoms with Crippen LogP contribution in [0.15, 0.2) is 24.5 Å². The number of carbonyl (C=O) groups excluding carboxylic acids is 2. The summed E-state index contributed by atoms with van der Waals surface area (Å²) in [7, 11) is 0. The van der Waals surface area contributed by atoms with Crippen LogP contribution in [-0.4, -0.2) is 56.6 Å². The molecule has 1 aromatic heterocycles. The Morgan fingerprint density at radius 3 is 2.57 bits per heavy atom. The SMILES string of the molecule is CC(C)C(=O)N[C@H]1CCN(C(=O)c2ccc3c(c2)ncn3C(C)C)CC[C@@H]1O. The Morgan fingerprint density at radius 2 is 1.89 bits per heavy atom. The molecule has 1 fully saturated rings. The van der Waals surface area contributed by atoms with Crippen LogP contribution < -0.4 is 5.32 Å². The average Bonchev–Trinajstić information content (AvgIpc) is 3.00. The van der Waals surface area contributed by atoms with Crippen LogP contribution in [0, 0.1) is 5.92 Å². The van der Waals surface area contributed by atoms with Gasteiger partial charge in [0, 0.05) is 30.6 Å². The van der Waals surface area contributed by atoms with Gasteiger partial charge in [-0.25, -0.2) is 4.98 Å². The summed E-state index contributed by atoms with van der Waals surface area (Å²) >= 11 is 0. The standard InChI is InChI=1S/C21H30N4O3/c1-13(2)20(27)23-16-7-9-24(10-8-19(16)26)21(28)15-5-6-18-17(11-15)22-12-25(18)14(3)4/h5-6,11-14,16,19,26H,7-10H2,1-4H3,(H,23,27)/t16-,19-/m0/s1. The van der Waals surface area contributed by atoms with Gasteiger partial charge in [0.1, 0.15) is 0 Å². The maximum atomic E-state index is 13.0. The Morgan fingerprint density at radius 1 is 1.18 bits per heavy atom. The number of benzene rings is 1. The molecule has 0 bridgehead atoms. The van der Waals surface area contributed by atoms with Crippen molar-refractivity contribution in [3.05, 3.63) is 30.1 Å². The second kappa shape index (κ2) is 8.31. The molecule has 7 heteroatoms. The van der Waals surface area contributed by atoms with Crippen molar-refractivity contribution in [1.29, 1.82) is 0 Å². The lowest BCUT2D eigenvalue weighted by molar-refractivity contribution is -0.125. The molecule has 0 saturated carbocycles. The van der Waals surface area contributed by atoms with Gasteiger partial charge in [-0.3, -0.25) is 9.59 Å². The fraction of sp³-hybridized carbons (Fsp3) is 0.571. The molecule has 1 saturated heterocycles. The first-order valence-corrected chi connectivity index (χ1v) is 10.0. The highest BCUT2D eigenvalue weighted by molar-refractivity contribution is 5.97. The van der Waals surface area contributed by atoms with Gasteiger partial charge in [-0.2, -0.15) is 0 Å². The normalized spacial score (nSPS) is 20.6. The highest BCUT2D eigenvalue weighted by Gasteiger charge is 2.29. The number of carbonyl (C=O) groups is 2. The summed E-state index contributed by atoms with van der Waals surface area (Å²) in [5.41, 5.74) is 2.41. The summed E-state index contributed by atoms with van der Waals surface area (Å²) in [4.78, 5) is 31.2. The molecule has 1 aromatic carbocycles. The minimum atomic E-state index is -0.648. The fourth-order valence-corrected chi connectivity index (χ4v) is 3.57. The fourth-order valence-electron chi connectivity index (χ4n) is 3.57. The number of aliphatic hydroxyl groups is 1. The number of likely N-dealkylation sites (tertiary alicyclic amines) is 1. The molecule has 0 unspecified atom stereocenters. The zero-order valence-corrected chi connectivity index (χ0v) is 17.1. The quantitative estimate of drug-likeness (QED) is 0.844. The van der Waals surface area contributed by atoms with Crippen molar-refractivity contribution in [3.8, 4) is 0 Å². The minimum absolute atomic E-state index is 0.0657. The lowest BCUT2D eigenvalue weighted by Gasteiger charge is -2.22. The highest BCUT2D eigenvalue weighted by atomic mass is 16.3. The number of nitrogens with zero attached hydrogens (tertiary/aromatic N) is 3. The van der Waals surface area contributed by atoms with E-state index in [9.17, 15) is 14.7 Å². The van der Waals surface area contributed by atoms with E-state index >= 15 is 0 Å². The summed E-state index contributed by atoms with van der Waals surface area (Å²) in [6, 6.07) is 5.59. The van der Waals surface area contributed by atoms with E-state index in [2.05, 4.69) is 28.7 Å². The first-order valence-electron chi connectivity index (χ1n) is 10.0. The highest BCUT2D eigenvalue weighted by Crippen LogP contribution is 2.21. The first kappa shape index (κ1) is 20.3. The number of amides is 2. The van der Waals surface area contributed by atoms with E-state index in [0.717, 1.165) is 11.0 Å². The molecule has 2 aromatic rings. The molecule has 152 valence electrons. The second-order valence-corrected chi connectivity index (χ2v) is 8.16. The van der Waals surface area contributed by atoms with Gasteiger partial charge in [0.2, 0.25) is 5.91 Å². The molecule has 0 radical (unpaired) electrons. The molecule has 2 heterocycles. The van der Waals surface area contributed by atoms with Crippen LogP contribution in [0.25, 0.3) is 11.0 Å². The molecule has 28 heavy (non-hydrogen) atoms. The molecule has 2 amide bonds. The van der Waals surface area contributed by atoms with E-state index in [0.29, 0.717) is 37.5 Å². The van der Waals surface area contributed by atoms with Gasteiger partial charge < -0.3 is 19.9 Å². The first-order chi connectivity index (χ1) is 13.3. The molecule has 7 nitrogen and oxygen atoms in total. The van der Waals surface area contributed by atoms with Crippen molar-refractivity contribution in [2.24, 2.45) is 5.92 Å². The van der Waals surface area contributed by atoms with E-state index < -0.39 is 6.10 Å². The summed E-state index contributed by atoms with van der Waals surface area (Å²) in [6.45, 7) is 8.80. The largest absolute Gasteiger partial charge is 0.391 e. The molecule has 0 spiro atoms. The number of nitrogens with one attached hydrogen (secondary N) is 1. The van der Waals surface area contributed by atoms with Crippen molar-refractivity contribution < 1.29 is 14.7 Å².